The van der Waals surface area contributed by atoms with Gasteiger partial charge in [-0.25, -0.2) is 4.98 Å². The van der Waals surface area contributed by atoms with Gasteiger partial charge in [0.05, 0.1) is 25.2 Å². The van der Waals surface area contributed by atoms with Crippen LogP contribution in [-0.4, -0.2) is 29.1 Å². The monoisotopic (exact) mass is 289 g/mol. The second kappa shape index (κ2) is 6.78. The fourth-order valence-corrected chi connectivity index (χ4v) is 1.91. The number of rotatable bonds is 6. The van der Waals surface area contributed by atoms with E-state index in [1.54, 1.807) is 19.1 Å². The number of ether oxygens (including phenoxy) is 2. The Hall–Kier alpha value is -2.50. The number of imidazole rings is 1. The fraction of sp³-hybridized carbons (Fsp3) is 0.333. The molecule has 2 N–H and O–H groups in total. The Labute approximate surface area is 123 Å². The van der Waals surface area contributed by atoms with Crippen LogP contribution in [0.3, 0.4) is 0 Å². The summed E-state index contributed by atoms with van der Waals surface area (Å²) < 4.78 is 11.0. The molecule has 2 rings (SSSR count). The first-order valence-corrected chi connectivity index (χ1v) is 6.86. The number of hydrogen-bond donors (Lipinski definition) is 2. The summed E-state index contributed by atoms with van der Waals surface area (Å²) in [6.07, 6.45) is 1.49. The number of carbonyl (C=O) groups is 1. The lowest BCUT2D eigenvalue weighted by Gasteiger charge is -2.13. The van der Waals surface area contributed by atoms with E-state index in [4.69, 9.17) is 9.47 Å². The van der Waals surface area contributed by atoms with Crippen LogP contribution in [0.2, 0.25) is 0 Å². The number of anilines is 1. The van der Waals surface area contributed by atoms with Crippen molar-refractivity contribution in [3.05, 3.63) is 35.9 Å². The maximum absolute atomic E-state index is 12.2. The molecule has 0 fully saturated rings. The van der Waals surface area contributed by atoms with E-state index in [0.717, 1.165) is 0 Å². The quantitative estimate of drug-likeness (QED) is 0.857. The molecule has 112 valence electrons. The van der Waals surface area contributed by atoms with Gasteiger partial charge in [0.2, 0.25) is 0 Å². The molecular weight excluding hydrogens is 270 g/mol. The lowest BCUT2D eigenvalue weighted by molar-refractivity contribution is 0.102. The van der Waals surface area contributed by atoms with Crippen molar-refractivity contribution in [1.29, 1.82) is 0 Å². The Morgan fingerprint density at radius 2 is 2.05 bits per heavy atom. The number of H-pyrrole nitrogens is 1. The molecule has 0 bridgehead atoms. The van der Waals surface area contributed by atoms with Crippen LogP contribution in [0.4, 0.5) is 5.69 Å². The molecule has 0 saturated heterocycles. The molecule has 1 aromatic carbocycles. The Morgan fingerprint density at radius 3 is 2.67 bits per heavy atom. The van der Waals surface area contributed by atoms with Gasteiger partial charge in [0.15, 0.2) is 0 Å². The van der Waals surface area contributed by atoms with Crippen molar-refractivity contribution in [3.63, 3.8) is 0 Å². The maximum atomic E-state index is 12.2. The predicted molar refractivity (Wildman–Crippen MR) is 80.1 cm³/mol. The van der Waals surface area contributed by atoms with Crippen LogP contribution in [0.25, 0.3) is 0 Å². The highest BCUT2D eigenvalue weighted by Crippen LogP contribution is 2.29. The summed E-state index contributed by atoms with van der Waals surface area (Å²) in [5.41, 5.74) is 1.64. The van der Waals surface area contributed by atoms with Gasteiger partial charge in [-0.3, -0.25) is 4.79 Å². The van der Waals surface area contributed by atoms with Crippen LogP contribution >= 0.6 is 0 Å². The highest BCUT2D eigenvalue weighted by atomic mass is 16.5. The fourth-order valence-electron chi connectivity index (χ4n) is 1.91. The molecule has 1 heterocycles. The topological polar surface area (TPSA) is 76.2 Å². The van der Waals surface area contributed by atoms with Crippen LogP contribution in [0.15, 0.2) is 24.5 Å². The van der Waals surface area contributed by atoms with Crippen molar-refractivity contribution in [1.82, 2.24) is 9.97 Å². The Bertz CT molecular complexity index is 622. The van der Waals surface area contributed by atoms with E-state index in [2.05, 4.69) is 15.3 Å². The average Bonchev–Trinajstić information content (AvgIpc) is 2.88. The number of nitrogens with zero attached hydrogens (tertiary/aromatic N) is 1. The molecule has 0 saturated carbocycles. The van der Waals surface area contributed by atoms with E-state index in [-0.39, 0.29) is 5.91 Å². The van der Waals surface area contributed by atoms with E-state index in [1.807, 2.05) is 19.9 Å². The van der Waals surface area contributed by atoms with Crippen LogP contribution in [-0.2, 0) is 0 Å². The van der Waals surface area contributed by atoms with Gasteiger partial charge in [0.25, 0.3) is 5.91 Å². The Morgan fingerprint density at radius 1 is 1.29 bits per heavy atom. The number of benzene rings is 1. The van der Waals surface area contributed by atoms with Gasteiger partial charge in [0.1, 0.15) is 17.2 Å². The number of carbonyl (C=O) groups excluding carboxylic acids is 1. The third-order valence-corrected chi connectivity index (χ3v) is 2.86. The second-order valence-electron chi connectivity index (χ2n) is 4.35. The standard InChI is InChI=1S/C15H19N3O3/c1-4-20-11-6-7-13(21-5-2)12(8-11)18-15(19)14-10(3)16-9-17-14/h6-9H,4-5H2,1-3H3,(H,16,17)(H,18,19). The SMILES string of the molecule is CCOc1ccc(OCC)c(NC(=O)c2nc[nH]c2C)c1. The zero-order chi connectivity index (χ0) is 15.2. The van der Waals surface area contributed by atoms with E-state index >= 15 is 0 Å². The predicted octanol–water partition coefficient (Wildman–Crippen LogP) is 2.77. The van der Waals surface area contributed by atoms with Crippen molar-refractivity contribution < 1.29 is 14.3 Å². The first-order valence-electron chi connectivity index (χ1n) is 6.86. The van der Waals surface area contributed by atoms with Gasteiger partial charge in [-0.2, -0.15) is 0 Å². The molecule has 1 aromatic heterocycles. The maximum Gasteiger partial charge on any atom is 0.276 e. The highest BCUT2D eigenvalue weighted by molar-refractivity contribution is 6.04. The Kier molecular flexibility index (Phi) is 4.81. The van der Waals surface area contributed by atoms with Crippen LogP contribution < -0.4 is 14.8 Å². The van der Waals surface area contributed by atoms with Gasteiger partial charge >= 0.3 is 0 Å². The van der Waals surface area contributed by atoms with Crippen LogP contribution in [0.1, 0.15) is 30.0 Å². The molecule has 0 radical (unpaired) electrons. The second-order valence-corrected chi connectivity index (χ2v) is 4.35. The number of hydrogen-bond acceptors (Lipinski definition) is 4. The van der Waals surface area contributed by atoms with E-state index in [9.17, 15) is 4.79 Å². The zero-order valence-electron chi connectivity index (χ0n) is 12.4. The number of amides is 1. The normalized spacial score (nSPS) is 10.2. The van der Waals surface area contributed by atoms with Crippen molar-refractivity contribution in [3.8, 4) is 11.5 Å². The molecule has 0 aliphatic heterocycles. The molecule has 6 nitrogen and oxygen atoms in total. The van der Waals surface area contributed by atoms with Crippen molar-refractivity contribution in [2.45, 2.75) is 20.8 Å². The average molecular weight is 289 g/mol. The first kappa shape index (κ1) is 14.9. The minimum absolute atomic E-state index is 0.289. The zero-order valence-corrected chi connectivity index (χ0v) is 12.4. The lowest BCUT2D eigenvalue weighted by Crippen LogP contribution is -2.14. The number of nitrogens with one attached hydrogen (secondary N) is 2. The third kappa shape index (κ3) is 3.53. The molecule has 6 heteroatoms. The summed E-state index contributed by atoms with van der Waals surface area (Å²) in [7, 11) is 0. The van der Waals surface area contributed by atoms with Gasteiger partial charge in [-0.1, -0.05) is 0 Å². The number of aryl methyl sites for hydroxylation is 1. The number of aromatic nitrogens is 2. The van der Waals surface area contributed by atoms with Crippen molar-refractivity contribution in [2.24, 2.45) is 0 Å². The summed E-state index contributed by atoms with van der Waals surface area (Å²) in [5, 5.41) is 2.81. The summed E-state index contributed by atoms with van der Waals surface area (Å²) in [6.45, 7) is 6.65. The van der Waals surface area contributed by atoms with E-state index in [1.165, 1.54) is 6.33 Å². The first-order chi connectivity index (χ1) is 10.2. The lowest BCUT2D eigenvalue weighted by atomic mass is 10.2. The number of aromatic amines is 1. The Balaban J connectivity index is 2.25. The van der Waals surface area contributed by atoms with Gasteiger partial charge < -0.3 is 19.8 Å². The van der Waals surface area contributed by atoms with Crippen molar-refractivity contribution in [2.75, 3.05) is 18.5 Å². The minimum Gasteiger partial charge on any atom is -0.494 e. The van der Waals surface area contributed by atoms with E-state index < -0.39 is 0 Å². The smallest absolute Gasteiger partial charge is 0.276 e. The molecule has 2 aromatic rings. The molecule has 1 amide bonds. The van der Waals surface area contributed by atoms with Crippen LogP contribution in [0.5, 0.6) is 11.5 Å². The molecule has 0 atom stereocenters. The molecule has 0 unspecified atom stereocenters. The molecule has 0 spiro atoms. The summed E-state index contributed by atoms with van der Waals surface area (Å²) >= 11 is 0. The van der Waals surface area contributed by atoms with Crippen molar-refractivity contribution >= 4 is 11.6 Å². The summed E-state index contributed by atoms with van der Waals surface area (Å²) in [4.78, 5) is 19.1. The third-order valence-electron chi connectivity index (χ3n) is 2.86. The van der Waals surface area contributed by atoms with Crippen LogP contribution in [0, 0.1) is 6.92 Å². The van der Waals surface area contributed by atoms with Gasteiger partial charge in [-0.15, -0.1) is 0 Å². The minimum atomic E-state index is -0.289. The van der Waals surface area contributed by atoms with Gasteiger partial charge in [-0.05, 0) is 32.9 Å². The van der Waals surface area contributed by atoms with E-state index in [0.29, 0.717) is 41.8 Å². The summed E-state index contributed by atoms with van der Waals surface area (Å²) in [6, 6.07) is 5.33. The molecule has 0 aliphatic carbocycles. The highest BCUT2D eigenvalue weighted by Gasteiger charge is 2.15. The molecule has 0 aliphatic rings. The largest absolute Gasteiger partial charge is 0.494 e. The molecular formula is C15H19N3O3. The molecule has 21 heavy (non-hydrogen) atoms. The van der Waals surface area contributed by atoms with Gasteiger partial charge in [0, 0.05) is 11.8 Å². The summed E-state index contributed by atoms with van der Waals surface area (Å²) in [5.74, 6) is 0.987.